The monoisotopic (exact) mass is 222 g/mol. The Balaban J connectivity index is 1.96. The molecule has 0 amide bonds. The van der Waals surface area contributed by atoms with Crippen LogP contribution >= 0.6 is 0 Å². The fourth-order valence-corrected chi connectivity index (χ4v) is 1.98. The van der Waals surface area contributed by atoms with E-state index in [-0.39, 0.29) is 5.56 Å². The number of hydrogen-bond acceptors (Lipinski definition) is 3. The summed E-state index contributed by atoms with van der Waals surface area (Å²) in [5.41, 5.74) is 1.12. The average Bonchev–Trinajstić information content (AvgIpc) is 2.30. The van der Waals surface area contributed by atoms with E-state index in [1.165, 1.54) is 0 Å². The van der Waals surface area contributed by atoms with Gasteiger partial charge in [-0.3, -0.25) is 9.69 Å². The van der Waals surface area contributed by atoms with Gasteiger partial charge in [-0.2, -0.15) is 0 Å². The molecule has 0 saturated carbocycles. The second-order valence-corrected chi connectivity index (χ2v) is 4.11. The van der Waals surface area contributed by atoms with Gasteiger partial charge in [-0.05, 0) is 13.0 Å². The molecule has 16 heavy (non-hydrogen) atoms. The predicted octanol–water partition coefficient (Wildman–Crippen LogP) is 0.489. The lowest BCUT2D eigenvalue weighted by molar-refractivity contribution is 0.0362. The number of aromatic nitrogens is 1. The van der Waals surface area contributed by atoms with E-state index >= 15 is 0 Å². The first-order valence-corrected chi connectivity index (χ1v) is 5.74. The Morgan fingerprint density at radius 1 is 1.25 bits per heavy atom. The normalized spacial score (nSPS) is 17.6. The minimum absolute atomic E-state index is 0.0910. The number of morpholine rings is 1. The maximum absolute atomic E-state index is 11.6. The van der Waals surface area contributed by atoms with Crippen molar-refractivity contribution in [2.24, 2.45) is 0 Å². The molecule has 1 fully saturated rings. The molecule has 0 aromatic carbocycles. The Kier molecular flexibility index (Phi) is 3.74. The molecule has 0 N–H and O–H groups in total. The van der Waals surface area contributed by atoms with E-state index in [1.807, 2.05) is 23.6 Å². The molecule has 0 radical (unpaired) electrons. The van der Waals surface area contributed by atoms with Crippen LogP contribution in [0.25, 0.3) is 0 Å². The highest BCUT2D eigenvalue weighted by Gasteiger charge is 2.10. The Morgan fingerprint density at radius 2 is 2.00 bits per heavy atom. The van der Waals surface area contributed by atoms with Gasteiger partial charge in [0, 0.05) is 37.9 Å². The minimum atomic E-state index is 0.0910. The van der Waals surface area contributed by atoms with E-state index in [1.54, 1.807) is 6.07 Å². The standard InChI is InChI=1S/C12H18N2O2/c1-11-3-2-4-12(15)14(11)6-5-13-7-9-16-10-8-13/h2-4H,5-10H2,1H3. The molecule has 0 atom stereocenters. The van der Waals surface area contributed by atoms with Crippen molar-refractivity contribution >= 4 is 0 Å². The van der Waals surface area contributed by atoms with E-state index < -0.39 is 0 Å². The molecule has 1 aromatic heterocycles. The second-order valence-electron chi connectivity index (χ2n) is 4.11. The van der Waals surface area contributed by atoms with Crippen molar-refractivity contribution in [3.05, 3.63) is 34.2 Å². The molecule has 2 rings (SSSR count). The summed E-state index contributed by atoms with van der Waals surface area (Å²) in [4.78, 5) is 14.0. The molecule has 4 nitrogen and oxygen atoms in total. The summed E-state index contributed by atoms with van der Waals surface area (Å²) >= 11 is 0. The molecule has 0 spiro atoms. The molecule has 4 heteroatoms. The van der Waals surface area contributed by atoms with Gasteiger partial charge in [0.25, 0.3) is 5.56 Å². The van der Waals surface area contributed by atoms with Crippen molar-refractivity contribution in [3.8, 4) is 0 Å². The van der Waals surface area contributed by atoms with Crippen LogP contribution in [-0.4, -0.2) is 42.3 Å². The van der Waals surface area contributed by atoms with Gasteiger partial charge in [0.05, 0.1) is 13.2 Å². The molecule has 0 aliphatic carbocycles. The van der Waals surface area contributed by atoms with Crippen LogP contribution < -0.4 is 5.56 Å². The molecule has 1 aliphatic heterocycles. The molecule has 2 heterocycles. The van der Waals surface area contributed by atoms with E-state index in [9.17, 15) is 4.79 Å². The summed E-state index contributed by atoms with van der Waals surface area (Å²) in [6.45, 7) is 7.23. The molecule has 88 valence electrons. The van der Waals surface area contributed by atoms with Crippen LogP contribution in [0.5, 0.6) is 0 Å². The number of nitrogens with zero attached hydrogens (tertiary/aromatic N) is 2. The summed E-state index contributed by atoms with van der Waals surface area (Å²) < 4.78 is 7.12. The topological polar surface area (TPSA) is 34.5 Å². The first-order valence-electron chi connectivity index (χ1n) is 5.74. The second kappa shape index (κ2) is 5.27. The van der Waals surface area contributed by atoms with Gasteiger partial charge in [-0.15, -0.1) is 0 Å². The molecular formula is C12H18N2O2. The third-order valence-corrected chi connectivity index (χ3v) is 3.01. The van der Waals surface area contributed by atoms with Crippen molar-refractivity contribution in [1.82, 2.24) is 9.47 Å². The van der Waals surface area contributed by atoms with E-state index in [0.717, 1.165) is 45.1 Å². The summed E-state index contributed by atoms with van der Waals surface area (Å²) in [6, 6.07) is 5.40. The van der Waals surface area contributed by atoms with Crippen molar-refractivity contribution in [2.75, 3.05) is 32.8 Å². The summed E-state index contributed by atoms with van der Waals surface area (Å²) in [6.07, 6.45) is 0. The van der Waals surface area contributed by atoms with Crippen LogP contribution in [-0.2, 0) is 11.3 Å². The molecule has 1 aromatic rings. The highest BCUT2D eigenvalue weighted by Crippen LogP contribution is 1.99. The number of ether oxygens (including phenoxy) is 1. The smallest absolute Gasteiger partial charge is 0.250 e. The van der Waals surface area contributed by atoms with Crippen LogP contribution in [0.2, 0.25) is 0 Å². The fraction of sp³-hybridized carbons (Fsp3) is 0.583. The van der Waals surface area contributed by atoms with Crippen LogP contribution in [0.4, 0.5) is 0 Å². The minimum Gasteiger partial charge on any atom is -0.379 e. The van der Waals surface area contributed by atoms with Gasteiger partial charge in [0.1, 0.15) is 0 Å². The average molecular weight is 222 g/mol. The SMILES string of the molecule is Cc1cccc(=O)n1CCN1CCOCC1. The lowest BCUT2D eigenvalue weighted by Gasteiger charge is -2.26. The number of aryl methyl sites for hydroxylation is 1. The van der Waals surface area contributed by atoms with Gasteiger partial charge >= 0.3 is 0 Å². The largest absolute Gasteiger partial charge is 0.379 e. The van der Waals surface area contributed by atoms with Crippen molar-refractivity contribution in [2.45, 2.75) is 13.5 Å². The van der Waals surface area contributed by atoms with Crippen LogP contribution in [0.1, 0.15) is 5.69 Å². The zero-order chi connectivity index (χ0) is 11.4. The quantitative estimate of drug-likeness (QED) is 0.746. The van der Waals surface area contributed by atoms with Crippen LogP contribution in [0, 0.1) is 6.92 Å². The van der Waals surface area contributed by atoms with Crippen LogP contribution in [0.3, 0.4) is 0 Å². The van der Waals surface area contributed by atoms with Gasteiger partial charge in [0.2, 0.25) is 0 Å². The Labute approximate surface area is 95.4 Å². The van der Waals surface area contributed by atoms with Crippen molar-refractivity contribution < 1.29 is 4.74 Å². The number of rotatable bonds is 3. The zero-order valence-corrected chi connectivity index (χ0v) is 9.69. The molecule has 1 saturated heterocycles. The highest BCUT2D eigenvalue weighted by molar-refractivity contribution is 5.04. The molecule has 1 aliphatic rings. The van der Waals surface area contributed by atoms with E-state index in [0.29, 0.717) is 0 Å². The Morgan fingerprint density at radius 3 is 2.69 bits per heavy atom. The first kappa shape index (κ1) is 11.4. The summed E-state index contributed by atoms with van der Waals surface area (Å²) in [5, 5.41) is 0. The fourth-order valence-electron chi connectivity index (χ4n) is 1.98. The van der Waals surface area contributed by atoms with Gasteiger partial charge < -0.3 is 9.30 Å². The highest BCUT2D eigenvalue weighted by atomic mass is 16.5. The van der Waals surface area contributed by atoms with Gasteiger partial charge in [0.15, 0.2) is 0 Å². The lowest BCUT2D eigenvalue weighted by atomic mass is 10.3. The molecular weight excluding hydrogens is 204 g/mol. The van der Waals surface area contributed by atoms with Crippen LogP contribution in [0.15, 0.2) is 23.0 Å². The summed E-state index contributed by atoms with van der Waals surface area (Å²) in [7, 11) is 0. The summed E-state index contributed by atoms with van der Waals surface area (Å²) in [5.74, 6) is 0. The van der Waals surface area contributed by atoms with Gasteiger partial charge in [-0.25, -0.2) is 0 Å². The predicted molar refractivity (Wildman–Crippen MR) is 62.7 cm³/mol. The maximum atomic E-state index is 11.6. The van der Waals surface area contributed by atoms with Gasteiger partial charge in [-0.1, -0.05) is 6.07 Å². The number of hydrogen-bond donors (Lipinski definition) is 0. The Hall–Kier alpha value is -1.13. The number of pyridine rings is 1. The van der Waals surface area contributed by atoms with E-state index in [2.05, 4.69) is 4.90 Å². The zero-order valence-electron chi connectivity index (χ0n) is 9.69. The van der Waals surface area contributed by atoms with Crippen molar-refractivity contribution in [1.29, 1.82) is 0 Å². The van der Waals surface area contributed by atoms with Crippen molar-refractivity contribution in [3.63, 3.8) is 0 Å². The third kappa shape index (κ3) is 2.71. The molecule has 0 unspecified atom stereocenters. The lowest BCUT2D eigenvalue weighted by Crippen LogP contribution is -2.39. The first-order chi connectivity index (χ1) is 7.77. The Bertz CT molecular complexity index is 394. The molecule has 0 bridgehead atoms. The maximum Gasteiger partial charge on any atom is 0.250 e. The van der Waals surface area contributed by atoms with E-state index in [4.69, 9.17) is 4.74 Å². The third-order valence-electron chi connectivity index (χ3n) is 3.01.